The fourth-order valence-electron chi connectivity index (χ4n) is 1.60. The van der Waals surface area contributed by atoms with E-state index in [1.807, 2.05) is 0 Å². The van der Waals surface area contributed by atoms with E-state index in [9.17, 15) is 18.0 Å². The minimum atomic E-state index is -4.63. The van der Waals surface area contributed by atoms with Crippen molar-refractivity contribution in [2.45, 2.75) is 6.18 Å². The number of nitrogens with zero attached hydrogens (tertiary/aromatic N) is 3. The minimum Gasteiger partial charge on any atom is -0.476 e. The Kier molecular flexibility index (Phi) is 3.19. The average Bonchev–Trinajstić information content (AvgIpc) is 2.86. The molecule has 1 heterocycles. The molecular formula is C12H6F3N3O2. The van der Waals surface area contributed by atoms with Gasteiger partial charge in [-0.1, -0.05) is 0 Å². The third-order valence-electron chi connectivity index (χ3n) is 2.50. The molecule has 0 saturated carbocycles. The second-order valence-electron chi connectivity index (χ2n) is 3.79. The molecule has 0 aliphatic heterocycles. The molecule has 0 amide bonds. The van der Waals surface area contributed by atoms with Gasteiger partial charge in [0.2, 0.25) is 0 Å². The maximum absolute atomic E-state index is 12.6. The summed E-state index contributed by atoms with van der Waals surface area (Å²) in [6.07, 6.45) is -3.34. The van der Waals surface area contributed by atoms with Gasteiger partial charge in [-0.25, -0.2) is 9.48 Å². The molecule has 5 nitrogen and oxygen atoms in total. The van der Waals surface area contributed by atoms with Crippen LogP contribution in [0.25, 0.3) is 5.69 Å². The Morgan fingerprint density at radius 2 is 2.05 bits per heavy atom. The van der Waals surface area contributed by atoms with Crippen molar-refractivity contribution in [1.82, 2.24) is 9.78 Å². The van der Waals surface area contributed by atoms with Gasteiger partial charge in [0.25, 0.3) is 0 Å². The molecule has 0 aliphatic carbocycles. The third kappa shape index (κ3) is 2.47. The lowest BCUT2D eigenvalue weighted by molar-refractivity contribution is -0.137. The molecule has 1 aromatic heterocycles. The molecule has 0 atom stereocenters. The fraction of sp³-hybridized carbons (Fsp3) is 0.0833. The molecule has 102 valence electrons. The van der Waals surface area contributed by atoms with Crippen molar-refractivity contribution in [3.05, 3.63) is 47.3 Å². The number of alkyl halides is 3. The molecule has 0 unspecified atom stereocenters. The van der Waals surface area contributed by atoms with E-state index in [0.29, 0.717) is 0 Å². The summed E-state index contributed by atoms with van der Waals surface area (Å²) in [6.45, 7) is 0. The molecule has 1 aromatic carbocycles. The fourth-order valence-corrected chi connectivity index (χ4v) is 1.60. The van der Waals surface area contributed by atoms with Crippen molar-refractivity contribution in [2.24, 2.45) is 0 Å². The standard InChI is InChI=1S/C12H6F3N3O2/c13-12(14,15)9-2-1-8(5-7(9)6-16)18-4-3-10(17-18)11(19)20/h1-5H,(H,19,20). The molecular weight excluding hydrogens is 275 g/mol. The molecule has 20 heavy (non-hydrogen) atoms. The second-order valence-corrected chi connectivity index (χ2v) is 3.79. The predicted molar refractivity (Wildman–Crippen MR) is 60.2 cm³/mol. The zero-order valence-electron chi connectivity index (χ0n) is 9.72. The highest BCUT2D eigenvalue weighted by Gasteiger charge is 2.33. The zero-order valence-corrected chi connectivity index (χ0v) is 9.72. The van der Waals surface area contributed by atoms with Gasteiger partial charge in [0, 0.05) is 6.20 Å². The molecule has 0 aliphatic rings. The van der Waals surface area contributed by atoms with Crippen LogP contribution in [-0.4, -0.2) is 20.9 Å². The van der Waals surface area contributed by atoms with Crippen LogP contribution in [-0.2, 0) is 6.18 Å². The number of hydrogen-bond donors (Lipinski definition) is 1. The van der Waals surface area contributed by atoms with Gasteiger partial charge in [-0.3, -0.25) is 0 Å². The highest BCUT2D eigenvalue weighted by atomic mass is 19.4. The van der Waals surface area contributed by atoms with Gasteiger partial charge in [-0.15, -0.1) is 0 Å². The van der Waals surface area contributed by atoms with E-state index in [0.717, 1.165) is 22.9 Å². The summed E-state index contributed by atoms with van der Waals surface area (Å²) in [4.78, 5) is 10.7. The van der Waals surface area contributed by atoms with Crippen LogP contribution >= 0.6 is 0 Å². The number of hydrogen-bond acceptors (Lipinski definition) is 3. The summed E-state index contributed by atoms with van der Waals surface area (Å²) in [7, 11) is 0. The van der Waals surface area contributed by atoms with Crippen LogP contribution in [0.2, 0.25) is 0 Å². The lowest BCUT2D eigenvalue weighted by Crippen LogP contribution is -2.09. The van der Waals surface area contributed by atoms with Crippen LogP contribution in [0.1, 0.15) is 21.6 Å². The van der Waals surface area contributed by atoms with Crippen molar-refractivity contribution in [1.29, 1.82) is 5.26 Å². The molecule has 0 spiro atoms. The molecule has 1 N–H and O–H groups in total. The number of rotatable bonds is 2. The van der Waals surface area contributed by atoms with Gasteiger partial charge in [0.15, 0.2) is 5.69 Å². The van der Waals surface area contributed by atoms with Gasteiger partial charge in [0.05, 0.1) is 22.9 Å². The van der Waals surface area contributed by atoms with Crippen LogP contribution in [0.3, 0.4) is 0 Å². The summed E-state index contributed by atoms with van der Waals surface area (Å²) >= 11 is 0. The van der Waals surface area contributed by atoms with Crippen molar-refractivity contribution < 1.29 is 23.1 Å². The van der Waals surface area contributed by atoms with Gasteiger partial charge in [-0.2, -0.15) is 23.5 Å². The topological polar surface area (TPSA) is 78.9 Å². The lowest BCUT2D eigenvalue weighted by atomic mass is 10.1. The van der Waals surface area contributed by atoms with E-state index in [-0.39, 0.29) is 11.4 Å². The highest BCUT2D eigenvalue weighted by Crippen LogP contribution is 2.32. The number of benzene rings is 1. The van der Waals surface area contributed by atoms with E-state index >= 15 is 0 Å². The lowest BCUT2D eigenvalue weighted by Gasteiger charge is -2.10. The Labute approximate surface area is 110 Å². The smallest absolute Gasteiger partial charge is 0.417 e. The Morgan fingerprint density at radius 3 is 2.55 bits per heavy atom. The SMILES string of the molecule is N#Cc1cc(-n2ccc(C(=O)O)n2)ccc1C(F)(F)F. The number of carboxylic acid groups (broad SMARTS) is 1. The number of nitriles is 1. The number of carbonyl (C=O) groups is 1. The van der Waals surface area contributed by atoms with E-state index in [1.165, 1.54) is 18.3 Å². The predicted octanol–water partition coefficient (Wildman–Crippen LogP) is 2.46. The Balaban J connectivity index is 2.49. The van der Waals surface area contributed by atoms with Crippen LogP contribution in [0.4, 0.5) is 13.2 Å². The molecule has 0 fully saturated rings. The van der Waals surface area contributed by atoms with E-state index < -0.39 is 23.3 Å². The van der Waals surface area contributed by atoms with Gasteiger partial charge < -0.3 is 5.11 Å². The van der Waals surface area contributed by atoms with Crippen molar-refractivity contribution in [3.63, 3.8) is 0 Å². The van der Waals surface area contributed by atoms with Crippen molar-refractivity contribution >= 4 is 5.97 Å². The van der Waals surface area contributed by atoms with Crippen LogP contribution in [0, 0.1) is 11.3 Å². The zero-order chi connectivity index (χ0) is 14.9. The summed E-state index contributed by atoms with van der Waals surface area (Å²) < 4.78 is 39.0. The van der Waals surface area contributed by atoms with Crippen LogP contribution < -0.4 is 0 Å². The summed E-state index contributed by atoms with van der Waals surface area (Å²) in [5.74, 6) is -1.25. The first-order chi connectivity index (χ1) is 9.32. The Bertz CT molecular complexity index is 713. The number of aromatic carboxylic acids is 1. The maximum atomic E-state index is 12.6. The summed E-state index contributed by atoms with van der Waals surface area (Å²) in [5, 5.41) is 21.2. The van der Waals surface area contributed by atoms with Crippen LogP contribution in [0.15, 0.2) is 30.5 Å². The number of halogens is 3. The normalized spacial score (nSPS) is 11.1. The Morgan fingerprint density at radius 1 is 1.35 bits per heavy atom. The van der Waals surface area contributed by atoms with E-state index in [2.05, 4.69) is 5.10 Å². The first-order valence-electron chi connectivity index (χ1n) is 5.23. The third-order valence-corrected chi connectivity index (χ3v) is 2.50. The molecule has 8 heteroatoms. The van der Waals surface area contributed by atoms with Crippen molar-refractivity contribution in [3.8, 4) is 11.8 Å². The minimum absolute atomic E-state index is 0.169. The highest BCUT2D eigenvalue weighted by molar-refractivity contribution is 5.85. The van der Waals surface area contributed by atoms with Crippen molar-refractivity contribution in [2.75, 3.05) is 0 Å². The number of aromatic nitrogens is 2. The quantitative estimate of drug-likeness (QED) is 0.917. The van der Waals surface area contributed by atoms with E-state index in [4.69, 9.17) is 10.4 Å². The second kappa shape index (κ2) is 4.70. The monoisotopic (exact) mass is 281 g/mol. The number of carboxylic acids is 1. The molecule has 2 aromatic rings. The summed E-state index contributed by atoms with van der Waals surface area (Å²) in [6, 6.07) is 5.54. The van der Waals surface area contributed by atoms with E-state index in [1.54, 1.807) is 0 Å². The molecule has 0 bridgehead atoms. The molecule has 2 rings (SSSR count). The van der Waals surface area contributed by atoms with Gasteiger partial charge in [-0.05, 0) is 24.3 Å². The molecule has 0 radical (unpaired) electrons. The van der Waals surface area contributed by atoms with Gasteiger partial charge >= 0.3 is 12.1 Å². The average molecular weight is 281 g/mol. The van der Waals surface area contributed by atoms with Crippen LogP contribution in [0.5, 0.6) is 0 Å². The Hall–Kier alpha value is -2.82. The summed E-state index contributed by atoms with van der Waals surface area (Å²) in [5.41, 5.74) is -1.68. The first-order valence-corrected chi connectivity index (χ1v) is 5.23. The van der Waals surface area contributed by atoms with Gasteiger partial charge in [0.1, 0.15) is 0 Å². The maximum Gasteiger partial charge on any atom is 0.417 e. The largest absolute Gasteiger partial charge is 0.476 e. The molecule has 0 saturated heterocycles. The first kappa shape index (κ1) is 13.6.